The summed E-state index contributed by atoms with van der Waals surface area (Å²) in [6.07, 6.45) is 8.23. The molecule has 2 aliphatic rings. The number of hydrogen-bond donors (Lipinski definition) is 2. The summed E-state index contributed by atoms with van der Waals surface area (Å²) in [5, 5.41) is 6.68. The predicted octanol–water partition coefficient (Wildman–Crippen LogP) is 3.13. The highest BCUT2D eigenvalue weighted by atomic mass is 35.5. The van der Waals surface area contributed by atoms with Crippen LogP contribution >= 0.6 is 12.4 Å². The standard InChI is InChI=1S/C16H30N2O.ClH/c1-12-5-3-4-6-15(12)18-16(19)11-13(2)14-7-9-17-10-8-14;/h12-15,17H,3-11H2,1-2H3,(H,18,19);1H. The van der Waals surface area contributed by atoms with Gasteiger partial charge in [0.1, 0.15) is 0 Å². The van der Waals surface area contributed by atoms with E-state index in [1.165, 1.54) is 38.5 Å². The maximum Gasteiger partial charge on any atom is 0.220 e. The van der Waals surface area contributed by atoms with Gasteiger partial charge in [-0.2, -0.15) is 0 Å². The molecular weight excluding hydrogens is 272 g/mol. The summed E-state index contributed by atoms with van der Waals surface area (Å²) in [6, 6.07) is 0.432. The van der Waals surface area contributed by atoms with E-state index in [-0.39, 0.29) is 18.3 Å². The van der Waals surface area contributed by atoms with Crippen LogP contribution in [0.4, 0.5) is 0 Å². The molecule has 0 radical (unpaired) electrons. The van der Waals surface area contributed by atoms with Crippen LogP contribution in [0.3, 0.4) is 0 Å². The summed E-state index contributed by atoms with van der Waals surface area (Å²) in [5.41, 5.74) is 0. The Morgan fingerprint density at radius 1 is 1.20 bits per heavy atom. The van der Waals surface area contributed by atoms with Crippen molar-refractivity contribution in [2.24, 2.45) is 17.8 Å². The number of amides is 1. The maximum absolute atomic E-state index is 12.2. The fourth-order valence-electron chi connectivity index (χ4n) is 3.67. The van der Waals surface area contributed by atoms with Crippen LogP contribution in [0.5, 0.6) is 0 Å². The Labute approximate surface area is 130 Å². The fourth-order valence-corrected chi connectivity index (χ4v) is 3.67. The Kier molecular flexibility index (Phi) is 7.90. The zero-order valence-electron chi connectivity index (χ0n) is 13.0. The van der Waals surface area contributed by atoms with Gasteiger partial charge in [-0.25, -0.2) is 0 Å². The molecule has 1 heterocycles. The molecule has 3 unspecified atom stereocenters. The number of carbonyl (C=O) groups excluding carboxylic acids is 1. The molecule has 2 N–H and O–H groups in total. The van der Waals surface area contributed by atoms with Crippen LogP contribution in [0.1, 0.15) is 58.8 Å². The number of hydrogen-bond acceptors (Lipinski definition) is 2. The Bertz CT molecular complexity index is 292. The van der Waals surface area contributed by atoms with Crippen LogP contribution in [0.2, 0.25) is 0 Å². The zero-order valence-corrected chi connectivity index (χ0v) is 13.8. The Hall–Kier alpha value is -0.280. The summed E-state index contributed by atoms with van der Waals surface area (Å²) in [7, 11) is 0. The summed E-state index contributed by atoms with van der Waals surface area (Å²) in [4.78, 5) is 12.2. The highest BCUT2D eigenvalue weighted by Gasteiger charge is 2.25. The minimum absolute atomic E-state index is 0. The van der Waals surface area contributed by atoms with Gasteiger partial charge in [0.2, 0.25) is 5.91 Å². The third kappa shape index (κ3) is 5.25. The minimum atomic E-state index is 0. The summed E-state index contributed by atoms with van der Waals surface area (Å²) >= 11 is 0. The van der Waals surface area contributed by atoms with Crippen molar-refractivity contribution in [1.82, 2.24) is 10.6 Å². The molecule has 20 heavy (non-hydrogen) atoms. The van der Waals surface area contributed by atoms with Gasteiger partial charge in [-0.3, -0.25) is 4.79 Å². The van der Waals surface area contributed by atoms with E-state index in [1.54, 1.807) is 0 Å². The van der Waals surface area contributed by atoms with E-state index in [1.807, 2.05) is 0 Å². The van der Waals surface area contributed by atoms with E-state index >= 15 is 0 Å². The average molecular weight is 303 g/mol. The van der Waals surface area contributed by atoms with Crippen molar-refractivity contribution in [3.8, 4) is 0 Å². The van der Waals surface area contributed by atoms with Crippen molar-refractivity contribution in [3.05, 3.63) is 0 Å². The second-order valence-corrected chi connectivity index (χ2v) is 6.70. The third-order valence-corrected chi connectivity index (χ3v) is 5.15. The fraction of sp³-hybridized carbons (Fsp3) is 0.938. The lowest BCUT2D eigenvalue weighted by Crippen LogP contribution is -2.42. The van der Waals surface area contributed by atoms with Gasteiger partial charge in [-0.05, 0) is 56.5 Å². The molecule has 1 amide bonds. The van der Waals surface area contributed by atoms with Gasteiger partial charge in [0.05, 0.1) is 0 Å². The van der Waals surface area contributed by atoms with Crippen LogP contribution in [0.25, 0.3) is 0 Å². The van der Waals surface area contributed by atoms with Gasteiger partial charge in [0.15, 0.2) is 0 Å². The van der Waals surface area contributed by atoms with Crippen LogP contribution in [-0.4, -0.2) is 25.0 Å². The summed E-state index contributed by atoms with van der Waals surface area (Å²) in [5.74, 6) is 2.20. The van der Waals surface area contributed by atoms with Crippen LogP contribution in [-0.2, 0) is 4.79 Å². The number of halogens is 1. The SMILES string of the molecule is CC(CC(=O)NC1CCCCC1C)C1CCNCC1.Cl. The Morgan fingerprint density at radius 2 is 1.85 bits per heavy atom. The van der Waals surface area contributed by atoms with Crippen molar-refractivity contribution in [1.29, 1.82) is 0 Å². The van der Waals surface area contributed by atoms with Gasteiger partial charge in [0.25, 0.3) is 0 Å². The molecule has 2 fully saturated rings. The number of piperidine rings is 1. The van der Waals surface area contributed by atoms with Gasteiger partial charge in [0, 0.05) is 12.5 Å². The van der Waals surface area contributed by atoms with E-state index in [9.17, 15) is 4.79 Å². The van der Waals surface area contributed by atoms with Gasteiger partial charge < -0.3 is 10.6 Å². The van der Waals surface area contributed by atoms with Gasteiger partial charge >= 0.3 is 0 Å². The molecule has 4 heteroatoms. The monoisotopic (exact) mass is 302 g/mol. The molecule has 1 saturated carbocycles. The van der Waals surface area contributed by atoms with Crippen molar-refractivity contribution in [2.45, 2.75) is 64.8 Å². The van der Waals surface area contributed by atoms with Crippen molar-refractivity contribution < 1.29 is 4.79 Å². The van der Waals surface area contributed by atoms with E-state index in [0.717, 1.165) is 19.0 Å². The molecule has 3 nitrogen and oxygen atoms in total. The van der Waals surface area contributed by atoms with E-state index < -0.39 is 0 Å². The topological polar surface area (TPSA) is 41.1 Å². The minimum Gasteiger partial charge on any atom is -0.353 e. The highest BCUT2D eigenvalue weighted by Crippen LogP contribution is 2.26. The molecule has 2 rings (SSSR count). The van der Waals surface area contributed by atoms with Crippen molar-refractivity contribution in [2.75, 3.05) is 13.1 Å². The number of rotatable bonds is 4. The molecule has 118 valence electrons. The molecule has 0 spiro atoms. The van der Waals surface area contributed by atoms with Crippen LogP contribution < -0.4 is 10.6 Å². The zero-order chi connectivity index (χ0) is 13.7. The van der Waals surface area contributed by atoms with Gasteiger partial charge in [-0.1, -0.05) is 26.7 Å². The quantitative estimate of drug-likeness (QED) is 0.838. The normalized spacial score (nSPS) is 29.3. The largest absolute Gasteiger partial charge is 0.353 e. The smallest absolute Gasteiger partial charge is 0.220 e. The van der Waals surface area contributed by atoms with E-state index in [0.29, 0.717) is 24.3 Å². The van der Waals surface area contributed by atoms with E-state index in [2.05, 4.69) is 24.5 Å². The molecule has 3 atom stereocenters. The molecule has 0 bridgehead atoms. The highest BCUT2D eigenvalue weighted by molar-refractivity contribution is 5.85. The first-order valence-electron chi connectivity index (χ1n) is 8.17. The number of carbonyl (C=O) groups is 1. The first kappa shape index (κ1) is 17.8. The molecule has 0 aromatic heterocycles. The first-order chi connectivity index (χ1) is 9.16. The van der Waals surface area contributed by atoms with Crippen LogP contribution in [0, 0.1) is 17.8 Å². The molecule has 0 aromatic rings. The molecule has 1 saturated heterocycles. The van der Waals surface area contributed by atoms with Gasteiger partial charge in [-0.15, -0.1) is 12.4 Å². The molecular formula is C16H31ClN2O. The van der Waals surface area contributed by atoms with Crippen molar-refractivity contribution >= 4 is 18.3 Å². The molecule has 0 aromatic carbocycles. The first-order valence-corrected chi connectivity index (χ1v) is 8.17. The lowest BCUT2D eigenvalue weighted by molar-refractivity contribution is -0.123. The van der Waals surface area contributed by atoms with E-state index in [4.69, 9.17) is 0 Å². The predicted molar refractivity (Wildman–Crippen MR) is 86.2 cm³/mol. The van der Waals surface area contributed by atoms with Crippen LogP contribution in [0.15, 0.2) is 0 Å². The summed E-state index contributed by atoms with van der Waals surface area (Å²) < 4.78 is 0. The Morgan fingerprint density at radius 3 is 2.50 bits per heavy atom. The average Bonchev–Trinajstić information content (AvgIpc) is 2.42. The third-order valence-electron chi connectivity index (χ3n) is 5.15. The summed E-state index contributed by atoms with van der Waals surface area (Å²) in [6.45, 7) is 6.77. The molecule has 1 aliphatic carbocycles. The second-order valence-electron chi connectivity index (χ2n) is 6.70. The second kappa shape index (κ2) is 8.89. The lowest BCUT2D eigenvalue weighted by Gasteiger charge is -2.31. The van der Waals surface area contributed by atoms with Crippen molar-refractivity contribution in [3.63, 3.8) is 0 Å². The maximum atomic E-state index is 12.2. The number of nitrogens with one attached hydrogen (secondary N) is 2. The molecule has 1 aliphatic heterocycles. The lowest BCUT2D eigenvalue weighted by atomic mass is 9.83. The Balaban J connectivity index is 0.00000200.